The Hall–Kier alpha value is -2.48. The van der Waals surface area contributed by atoms with E-state index in [2.05, 4.69) is 11.6 Å². The maximum atomic E-state index is 11.3. The van der Waals surface area contributed by atoms with E-state index in [1.165, 1.54) is 28.4 Å². The summed E-state index contributed by atoms with van der Waals surface area (Å²) in [4.78, 5) is 27.4. The molecule has 0 aliphatic carbocycles. The molecule has 1 aromatic carbocycles. The van der Waals surface area contributed by atoms with Crippen LogP contribution in [0.1, 0.15) is 5.01 Å². The Balaban J connectivity index is 2.61. The highest BCUT2D eigenvalue weighted by molar-refractivity contribution is 7.18. The predicted molar refractivity (Wildman–Crippen MR) is 81.1 cm³/mol. The lowest BCUT2D eigenvalue weighted by molar-refractivity contribution is -0.384. The summed E-state index contributed by atoms with van der Waals surface area (Å²) in [5, 5.41) is 21.0. The number of hydrogen-bond acceptors (Lipinski definition) is 6. The number of fused-ring (bicyclic) bond motifs is 1. The second kappa shape index (κ2) is 5.88. The van der Waals surface area contributed by atoms with Gasteiger partial charge in [-0.3, -0.25) is 14.9 Å². The van der Waals surface area contributed by atoms with Gasteiger partial charge in [-0.05, 0) is 13.0 Å². The number of nitro benzene ring substituents is 1. The maximum Gasteiger partial charge on any atom is 0.323 e. The Morgan fingerprint density at radius 3 is 2.90 bits per heavy atom. The van der Waals surface area contributed by atoms with E-state index in [1.54, 1.807) is 6.07 Å². The smallest absolute Gasteiger partial charge is 0.323 e. The molecule has 0 aliphatic heterocycles. The van der Waals surface area contributed by atoms with E-state index in [-0.39, 0.29) is 24.5 Å². The third-order valence-corrected chi connectivity index (χ3v) is 3.74. The van der Waals surface area contributed by atoms with Crippen LogP contribution in [0.15, 0.2) is 24.8 Å². The van der Waals surface area contributed by atoms with Crippen LogP contribution in [0.3, 0.4) is 0 Å². The van der Waals surface area contributed by atoms with Crippen molar-refractivity contribution < 1.29 is 14.8 Å². The number of carboxylic acid groups (broad SMARTS) is 1. The summed E-state index contributed by atoms with van der Waals surface area (Å²) < 4.78 is 0.705. The van der Waals surface area contributed by atoms with Crippen LogP contribution in [-0.2, 0) is 4.79 Å². The first kappa shape index (κ1) is 14.9. The zero-order chi connectivity index (χ0) is 15.6. The molecule has 110 valence electrons. The van der Waals surface area contributed by atoms with Gasteiger partial charge >= 0.3 is 5.97 Å². The summed E-state index contributed by atoms with van der Waals surface area (Å²) in [6, 6.07) is 3.00. The molecule has 0 unspecified atom stereocenters. The fourth-order valence-electron chi connectivity index (χ4n) is 2.03. The molecule has 0 saturated heterocycles. The van der Waals surface area contributed by atoms with Crippen LogP contribution in [-0.4, -0.2) is 34.1 Å². The van der Waals surface area contributed by atoms with Crippen LogP contribution in [0.4, 0.5) is 11.4 Å². The molecule has 8 heteroatoms. The van der Waals surface area contributed by atoms with E-state index in [4.69, 9.17) is 5.11 Å². The summed E-state index contributed by atoms with van der Waals surface area (Å²) in [5.74, 6) is -1.07. The third-order valence-electron chi connectivity index (χ3n) is 2.80. The number of rotatable bonds is 6. The largest absolute Gasteiger partial charge is 0.480 e. The second-order valence-electron chi connectivity index (χ2n) is 4.36. The van der Waals surface area contributed by atoms with E-state index >= 15 is 0 Å². The average Bonchev–Trinajstić information content (AvgIpc) is 2.75. The van der Waals surface area contributed by atoms with Crippen molar-refractivity contribution in [1.29, 1.82) is 0 Å². The van der Waals surface area contributed by atoms with E-state index in [1.807, 2.05) is 6.92 Å². The molecule has 0 amide bonds. The molecule has 21 heavy (non-hydrogen) atoms. The Kier molecular flexibility index (Phi) is 4.18. The summed E-state index contributed by atoms with van der Waals surface area (Å²) in [7, 11) is 0. The zero-order valence-corrected chi connectivity index (χ0v) is 12.1. The van der Waals surface area contributed by atoms with Crippen LogP contribution < -0.4 is 4.90 Å². The number of nitro groups is 1. The Morgan fingerprint density at radius 1 is 1.62 bits per heavy atom. The monoisotopic (exact) mass is 307 g/mol. The molecule has 7 nitrogen and oxygen atoms in total. The van der Waals surface area contributed by atoms with Gasteiger partial charge < -0.3 is 10.0 Å². The minimum atomic E-state index is -1.07. The number of benzene rings is 1. The van der Waals surface area contributed by atoms with Gasteiger partial charge in [-0.15, -0.1) is 17.9 Å². The number of hydrogen-bond donors (Lipinski definition) is 1. The zero-order valence-electron chi connectivity index (χ0n) is 11.3. The lowest BCUT2D eigenvalue weighted by atomic mass is 10.2. The van der Waals surface area contributed by atoms with Gasteiger partial charge in [-0.1, -0.05) is 6.08 Å². The van der Waals surface area contributed by atoms with Crippen molar-refractivity contribution in [3.63, 3.8) is 0 Å². The fourth-order valence-corrected chi connectivity index (χ4v) is 2.88. The highest BCUT2D eigenvalue weighted by atomic mass is 32.1. The fraction of sp³-hybridized carbons (Fsp3) is 0.231. The van der Waals surface area contributed by atoms with E-state index in [9.17, 15) is 14.9 Å². The van der Waals surface area contributed by atoms with Crippen LogP contribution in [0, 0.1) is 17.0 Å². The van der Waals surface area contributed by atoms with Crippen LogP contribution in [0.2, 0.25) is 0 Å². The number of aliphatic carboxylic acids is 1. The van der Waals surface area contributed by atoms with Gasteiger partial charge in [-0.25, -0.2) is 4.98 Å². The molecule has 0 atom stereocenters. The lowest BCUT2D eigenvalue weighted by Gasteiger charge is -2.20. The van der Waals surface area contributed by atoms with Crippen LogP contribution in [0.5, 0.6) is 0 Å². The Labute approximate surface area is 124 Å². The molecule has 1 heterocycles. The quantitative estimate of drug-likeness (QED) is 0.500. The number of nitrogens with zero attached hydrogens (tertiary/aromatic N) is 3. The first-order chi connectivity index (χ1) is 9.92. The molecule has 0 radical (unpaired) electrons. The molecule has 0 fully saturated rings. The van der Waals surface area contributed by atoms with Crippen molar-refractivity contribution in [2.45, 2.75) is 6.92 Å². The van der Waals surface area contributed by atoms with E-state index in [0.717, 1.165) is 5.01 Å². The highest BCUT2D eigenvalue weighted by Gasteiger charge is 2.22. The summed E-state index contributed by atoms with van der Waals surface area (Å²) in [6.07, 6.45) is 1.50. The van der Waals surface area contributed by atoms with Gasteiger partial charge in [0, 0.05) is 12.6 Å². The average molecular weight is 307 g/mol. The van der Waals surface area contributed by atoms with Crippen LogP contribution in [0.25, 0.3) is 10.2 Å². The first-order valence-electron chi connectivity index (χ1n) is 6.05. The lowest BCUT2D eigenvalue weighted by Crippen LogP contribution is -2.30. The molecular formula is C13H13N3O4S. The van der Waals surface area contributed by atoms with Gasteiger partial charge in [0.25, 0.3) is 5.69 Å². The molecule has 0 aliphatic rings. The minimum Gasteiger partial charge on any atom is -0.480 e. The van der Waals surface area contributed by atoms with Crippen molar-refractivity contribution >= 4 is 38.9 Å². The summed E-state index contributed by atoms with van der Waals surface area (Å²) >= 11 is 1.36. The van der Waals surface area contributed by atoms with Crippen molar-refractivity contribution in [2.75, 3.05) is 18.0 Å². The molecule has 2 rings (SSSR count). The maximum absolute atomic E-state index is 11.3. The minimum absolute atomic E-state index is 0.130. The van der Waals surface area contributed by atoms with E-state index in [0.29, 0.717) is 10.2 Å². The Bertz CT molecular complexity index is 726. The molecule has 2 aromatic rings. The number of thiazole rings is 1. The number of carbonyl (C=O) groups is 1. The molecule has 0 saturated carbocycles. The Morgan fingerprint density at radius 2 is 2.33 bits per heavy atom. The molecule has 0 bridgehead atoms. The normalized spacial score (nSPS) is 10.5. The molecule has 1 N–H and O–H groups in total. The molecular weight excluding hydrogens is 294 g/mol. The predicted octanol–water partition coefficient (Wildman–Crippen LogP) is 2.59. The van der Waals surface area contributed by atoms with Gasteiger partial charge in [-0.2, -0.15) is 0 Å². The summed E-state index contributed by atoms with van der Waals surface area (Å²) in [6.45, 7) is 5.22. The van der Waals surface area contributed by atoms with Crippen molar-refractivity contribution in [3.8, 4) is 0 Å². The third kappa shape index (κ3) is 3.16. The SMILES string of the molecule is C=CCN(CC(=O)O)c1cc2nc(C)sc2cc1[N+](=O)[O-]. The van der Waals surface area contributed by atoms with Crippen molar-refractivity contribution in [2.24, 2.45) is 0 Å². The van der Waals surface area contributed by atoms with Crippen LogP contribution >= 0.6 is 11.3 Å². The number of aromatic nitrogens is 1. The highest BCUT2D eigenvalue weighted by Crippen LogP contribution is 2.35. The number of carboxylic acids is 1. The topological polar surface area (TPSA) is 96.6 Å². The first-order valence-corrected chi connectivity index (χ1v) is 6.87. The van der Waals surface area contributed by atoms with Gasteiger partial charge in [0.2, 0.25) is 0 Å². The number of anilines is 1. The second-order valence-corrected chi connectivity index (χ2v) is 5.60. The van der Waals surface area contributed by atoms with Crippen molar-refractivity contribution in [3.05, 3.63) is 39.9 Å². The summed E-state index contributed by atoms with van der Waals surface area (Å²) in [5.41, 5.74) is 0.729. The van der Waals surface area contributed by atoms with E-state index < -0.39 is 10.9 Å². The van der Waals surface area contributed by atoms with Gasteiger partial charge in [0.1, 0.15) is 12.2 Å². The van der Waals surface area contributed by atoms with Gasteiger partial charge in [0.05, 0.1) is 20.1 Å². The number of aryl methyl sites for hydroxylation is 1. The molecule has 0 spiro atoms. The standard InChI is InChI=1S/C13H13N3O4S/c1-3-4-15(7-13(17)18)10-5-9-12(21-8(2)14-9)6-11(10)16(19)20/h3,5-6H,1,4,7H2,2H3,(H,17,18). The molecule has 1 aromatic heterocycles. The van der Waals surface area contributed by atoms with Gasteiger partial charge in [0.15, 0.2) is 0 Å². The van der Waals surface area contributed by atoms with Crippen molar-refractivity contribution in [1.82, 2.24) is 4.98 Å².